The fourth-order valence-electron chi connectivity index (χ4n) is 1.13. The highest BCUT2D eigenvalue weighted by Gasteiger charge is 2.08. The van der Waals surface area contributed by atoms with E-state index in [-0.39, 0.29) is 11.9 Å². The topological polar surface area (TPSA) is 102 Å². The van der Waals surface area contributed by atoms with Gasteiger partial charge in [0.25, 0.3) is 0 Å². The molecule has 0 unspecified atom stereocenters. The summed E-state index contributed by atoms with van der Waals surface area (Å²) in [5.74, 6) is 0.677. The average Bonchev–Trinajstić information content (AvgIpc) is 2.50. The summed E-state index contributed by atoms with van der Waals surface area (Å²) >= 11 is 0. The van der Waals surface area contributed by atoms with E-state index >= 15 is 0 Å². The molecule has 5 N–H and O–H groups in total. The van der Waals surface area contributed by atoms with Crippen LogP contribution >= 0.6 is 0 Å². The van der Waals surface area contributed by atoms with Gasteiger partial charge in [0, 0.05) is 19.2 Å². The Labute approximate surface area is 88.1 Å². The molecule has 0 saturated carbocycles. The molecule has 0 bridgehead atoms. The number of nitrogens with zero attached hydrogens (tertiary/aromatic N) is 1. The van der Waals surface area contributed by atoms with Crippen LogP contribution in [-0.2, 0) is 6.54 Å². The minimum absolute atomic E-state index is 0.0862. The maximum Gasteiger partial charge on any atom is 0.197 e. The van der Waals surface area contributed by atoms with Gasteiger partial charge in [-0.1, -0.05) is 0 Å². The minimum Gasteiger partial charge on any atom is -0.469 e. The average molecular weight is 209 g/mol. The molecule has 0 aliphatic carbocycles. The van der Waals surface area contributed by atoms with E-state index in [1.165, 1.54) is 0 Å². The molecule has 1 heterocycles. The lowest BCUT2D eigenvalue weighted by molar-refractivity contribution is 0.469. The number of nitrogens with two attached hydrogens (primary N) is 1. The standard InChI is InChI=1S/C9H15N5O/c1-6-7(3-4-15-6)5-14(2)9(12)13-8(10)11/h3-4H,5H2,1-2H3,(H5,10,11,12,13). The van der Waals surface area contributed by atoms with Crippen molar-refractivity contribution in [3.05, 3.63) is 23.7 Å². The Morgan fingerprint density at radius 1 is 1.60 bits per heavy atom. The van der Waals surface area contributed by atoms with E-state index < -0.39 is 0 Å². The minimum atomic E-state index is -0.240. The Morgan fingerprint density at radius 3 is 2.73 bits per heavy atom. The molecule has 82 valence electrons. The monoisotopic (exact) mass is 209 g/mol. The number of hydrogen-bond acceptors (Lipinski definition) is 3. The van der Waals surface area contributed by atoms with Gasteiger partial charge in [0.05, 0.1) is 6.26 Å². The summed E-state index contributed by atoms with van der Waals surface area (Å²) < 4.78 is 5.14. The van der Waals surface area contributed by atoms with Crippen LogP contribution in [0.3, 0.4) is 0 Å². The van der Waals surface area contributed by atoms with E-state index in [0.29, 0.717) is 6.54 Å². The van der Waals surface area contributed by atoms with Gasteiger partial charge in [-0.05, 0) is 13.0 Å². The Bertz CT molecular complexity index is 370. The van der Waals surface area contributed by atoms with E-state index in [9.17, 15) is 0 Å². The molecule has 0 saturated heterocycles. The normalized spacial score (nSPS) is 9.73. The molecule has 0 aliphatic heterocycles. The molecule has 15 heavy (non-hydrogen) atoms. The molecule has 0 radical (unpaired) electrons. The number of guanidine groups is 2. The maximum absolute atomic E-state index is 7.56. The van der Waals surface area contributed by atoms with E-state index in [1.807, 2.05) is 13.0 Å². The number of nitrogens with one attached hydrogen (secondary N) is 3. The van der Waals surface area contributed by atoms with Crippen molar-refractivity contribution in [2.24, 2.45) is 5.73 Å². The summed E-state index contributed by atoms with van der Waals surface area (Å²) in [6, 6.07) is 1.85. The van der Waals surface area contributed by atoms with Gasteiger partial charge in [0.15, 0.2) is 11.9 Å². The zero-order chi connectivity index (χ0) is 11.4. The second-order valence-electron chi connectivity index (χ2n) is 3.25. The smallest absolute Gasteiger partial charge is 0.197 e. The van der Waals surface area contributed by atoms with Crippen molar-refractivity contribution in [1.82, 2.24) is 10.2 Å². The SMILES string of the molecule is Cc1occc1CN(C)C(=N)NC(=N)N. The first kappa shape index (κ1) is 11.1. The highest BCUT2D eigenvalue weighted by molar-refractivity contribution is 5.94. The van der Waals surface area contributed by atoms with E-state index in [1.54, 1.807) is 18.2 Å². The Balaban J connectivity index is 2.56. The molecule has 6 heteroatoms. The molecule has 6 nitrogen and oxygen atoms in total. The van der Waals surface area contributed by atoms with Gasteiger partial charge in [-0.25, -0.2) is 0 Å². The largest absolute Gasteiger partial charge is 0.469 e. The predicted octanol–water partition coefficient (Wildman–Crippen LogP) is 0.438. The zero-order valence-corrected chi connectivity index (χ0v) is 8.79. The van der Waals surface area contributed by atoms with Gasteiger partial charge in [-0.15, -0.1) is 0 Å². The Morgan fingerprint density at radius 2 is 2.27 bits per heavy atom. The predicted molar refractivity (Wildman–Crippen MR) is 57.7 cm³/mol. The van der Waals surface area contributed by atoms with Crippen molar-refractivity contribution in [2.75, 3.05) is 7.05 Å². The van der Waals surface area contributed by atoms with E-state index in [0.717, 1.165) is 11.3 Å². The van der Waals surface area contributed by atoms with Crippen LogP contribution in [-0.4, -0.2) is 23.9 Å². The van der Waals surface area contributed by atoms with Crippen LogP contribution in [0, 0.1) is 17.7 Å². The lowest BCUT2D eigenvalue weighted by Crippen LogP contribution is -2.43. The summed E-state index contributed by atoms with van der Waals surface area (Å²) in [5.41, 5.74) is 6.13. The first-order valence-electron chi connectivity index (χ1n) is 4.44. The molecule has 0 aromatic carbocycles. The quantitative estimate of drug-likeness (QED) is 0.419. The van der Waals surface area contributed by atoms with Crippen molar-refractivity contribution in [1.29, 1.82) is 10.8 Å². The van der Waals surface area contributed by atoms with E-state index in [2.05, 4.69) is 5.32 Å². The summed E-state index contributed by atoms with van der Waals surface area (Å²) in [6.07, 6.45) is 1.61. The van der Waals surface area contributed by atoms with Gasteiger partial charge < -0.3 is 15.1 Å². The van der Waals surface area contributed by atoms with Crippen LogP contribution in [0.2, 0.25) is 0 Å². The Kier molecular flexibility index (Phi) is 3.33. The lowest BCUT2D eigenvalue weighted by Gasteiger charge is -2.19. The highest BCUT2D eigenvalue weighted by Crippen LogP contribution is 2.10. The molecule has 1 rings (SSSR count). The van der Waals surface area contributed by atoms with Crippen molar-refractivity contribution in [3.8, 4) is 0 Å². The van der Waals surface area contributed by atoms with Gasteiger partial charge in [-0.2, -0.15) is 0 Å². The summed E-state index contributed by atoms with van der Waals surface area (Å²) in [7, 11) is 1.74. The number of hydrogen-bond donors (Lipinski definition) is 4. The van der Waals surface area contributed by atoms with Gasteiger partial charge in [0.1, 0.15) is 5.76 Å². The van der Waals surface area contributed by atoms with E-state index in [4.69, 9.17) is 21.0 Å². The fourth-order valence-corrected chi connectivity index (χ4v) is 1.13. The molecule has 0 fully saturated rings. The maximum atomic E-state index is 7.56. The summed E-state index contributed by atoms with van der Waals surface area (Å²) in [6.45, 7) is 2.41. The third-order valence-corrected chi connectivity index (χ3v) is 2.01. The molecular formula is C9H15N5O. The summed E-state index contributed by atoms with van der Waals surface area (Å²) in [5, 5.41) is 17.0. The molecule has 0 amide bonds. The lowest BCUT2D eigenvalue weighted by atomic mass is 10.2. The fraction of sp³-hybridized carbons (Fsp3) is 0.333. The van der Waals surface area contributed by atoms with Crippen LogP contribution in [0.5, 0.6) is 0 Å². The molecular weight excluding hydrogens is 194 g/mol. The first-order chi connectivity index (χ1) is 7.00. The van der Waals surface area contributed by atoms with Crippen LogP contribution in [0.15, 0.2) is 16.7 Å². The van der Waals surface area contributed by atoms with Crippen molar-refractivity contribution in [2.45, 2.75) is 13.5 Å². The van der Waals surface area contributed by atoms with Crippen molar-refractivity contribution in [3.63, 3.8) is 0 Å². The van der Waals surface area contributed by atoms with Gasteiger partial charge >= 0.3 is 0 Å². The van der Waals surface area contributed by atoms with Gasteiger partial charge in [-0.3, -0.25) is 16.1 Å². The number of aryl methyl sites for hydroxylation is 1. The second-order valence-corrected chi connectivity index (χ2v) is 3.25. The van der Waals surface area contributed by atoms with Crippen LogP contribution < -0.4 is 11.1 Å². The number of rotatable bonds is 2. The van der Waals surface area contributed by atoms with Crippen molar-refractivity contribution < 1.29 is 4.42 Å². The molecule has 0 aliphatic rings. The van der Waals surface area contributed by atoms with Crippen LogP contribution in [0.4, 0.5) is 0 Å². The molecule has 1 aromatic rings. The molecule has 1 aromatic heterocycles. The van der Waals surface area contributed by atoms with Gasteiger partial charge in [0.2, 0.25) is 0 Å². The van der Waals surface area contributed by atoms with Crippen LogP contribution in [0.1, 0.15) is 11.3 Å². The number of furan rings is 1. The Hall–Kier alpha value is -1.98. The first-order valence-corrected chi connectivity index (χ1v) is 4.44. The van der Waals surface area contributed by atoms with Crippen LogP contribution in [0.25, 0.3) is 0 Å². The second kappa shape index (κ2) is 4.50. The molecule has 0 atom stereocenters. The van der Waals surface area contributed by atoms with Crippen molar-refractivity contribution >= 4 is 11.9 Å². The summed E-state index contributed by atoms with van der Waals surface area (Å²) in [4.78, 5) is 1.64. The third-order valence-electron chi connectivity index (χ3n) is 2.01. The zero-order valence-electron chi connectivity index (χ0n) is 8.79. The third kappa shape index (κ3) is 3.01. The molecule has 0 spiro atoms. The highest BCUT2D eigenvalue weighted by atomic mass is 16.3.